The van der Waals surface area contributed by atoms with Gasteiger partial charge < -0.3 is 20.9 Å². The second-order valence-electron chi connectivity index (χ2n) is 3.27. The predicted molar refractivity (Wildman–Crippen MR) is 62.3 cm³/mol. The van der Waals surface area contributed by atoms with Crippen LogP contribution in [-0.4, -0.2) is 24.2 Å². The fraction of sp³-hybridized carbons (Fsp3) is 0.364. The number of nitrogens with one attached hydrogen (secondary N) is 1. The second-order valence-corrected chi connectivity index (χ2v) is 3.27. The van der Waals surface area contributed by atoms with Crippen molar-refractivity contribution < 1.29 is 14.6 Å². The fourth-order valence-electron chi connectivity index (χ4n) is 1.19. The number of hydrogen-bond donors (Lipinski definition) is 3. The Labute approximate surface area is 94.2 Å². The van der Waals surface area contributed by atoms with Crippen molar-refractivity contribution in [3.63, 3.8) is 0 Å². The third kappa shape index (κ3) is 3.78. The number of rotatable bonds is 5. The highest BCUT2D eigenvalue weighted by Gasteiger charge is 2.05. The molecule has 0 saturated heterocycles. The highest BCUT2D eigenvalue weighted by molar-refractivity contribution is 5.94. The van der Waals surface area contributed by atoms with Crippen LogP contribution in [0.25, 0.3) is 0 Å². The highest BCUT2D eigenvalue weighted by atomic mass is 16.5. The van der Waals surface area contributed by atoms with Crippen molar-refractivity contribution in [1.29, 1.82) is 0 Å². The monoisotopic (exact) mass is 224 g/mol. The Balaban J connectivity index is 2.49. The van der Waals surface area contributed by atoms with Crippen molar-refractivity contribution in [3.05, 3.63) is 18.2 Å². The molecular weight excluding hydrogens is 208 g/mol. The third-order valence-corrected chi connectivity index (χ3v) is 1.99. The number of anilines is 2. The standard InChI is InChI=1S/C11H16N2O3/c1-2-16-6-5-11(15)13-10-4-3-8(14)7-9(10)12/h3-4,7,14H,2,5-6,12H2,1H3,(H,13,15). The van der Waals surface area contributed by atoms with Crippen LogP contribution in [0.5, 0.6) is 5.75 Å². The van der Waals surface area contributed by atoms with Gasteiger partial charge in [-0.1, -0.05) is 0 Å². The number of nitrogen functional groups attached to an aromatic ring is 1. The lowest BCUT2D eigenvalue weighted by Gasteiger charge is -2.08. The molecule has 0 saturated carbocycles. The molecule has 0 bridgehead atoms. The molecule has 1 rings (SSSR count). The van der Waals surface area contributed by atoms with E-state index in [0.29, 0.717) is 24.6 Å². The van der Waals surface area contributed by atoms with E-state index in [2.05, 4.69) is 5.32 Å². The molecule has 0 aliphatic heterocycles. The summed E-state index contributed by atoms with van der Waals surface area (Å²) in [4.78, 5) is 11.4. The third-order valence-electron chi connectivity index (χ3n) is 1.99. The van der Waals surface area contributed by atoms with Crippen LogP contribution in [0.4, 0.5) is 11.4 Å². The summed E-state index contributed by atoms with van der Waals surface area (Å²) in [7, 11) is 0. The first-order valence-corrected chi connectivity index (χ1v) is 5.09. The van der Waals surface area contributed by atoms with Crippen LogP contribution in [0.3, 0.4) is 0 Å². The number of carbonyl (C=O) groups is 1. The zero-order valence-electron chi connectivity index (χ0n) is 9.19. The Bertz CT molecular complexity index is 366. The molecule has 0 radical (unpaired) electrons. The molecule has 1 aromatic rings. The van der Waals surface area contributed by atoms with Gasteiger partial charge in [0.2, 0.25) is 5.91 Å². The van der Waals surface area contributed by atoms with E-state index in [0.717, 1.165) is 0 Å². The van der Waals surface area contributed by atoms with Gasteiger partial charge in [-0.15, -0.1) is 0 Å². The van der Waals surface area contributed by atoms with Gasteiger partial charge in [-0.05, 0) is 19.1 Å². The number of ether oxygens (including phenoxy) is 1. The van der Waals surface area contributed by atoms with Crippen LogP contribution in [0.1, 0.15) is 13.3 Å². The van der Waals surface area contributed by atoms with E-state index in [1.54, 1.807) is 6.07 Å². The maximum atomic E-state index is 11.4. The average molecular weight is 224 g/mol. The number of carbonyl (C=O) groups excluding carboxylic acids is 1. The van der Waals surface area contributed by atoms with Crippen molar-refractivity contribution in [3.8, 4) is 5.75 Å². The number of phenolic OH excluding ortho intramolecular Hbond substituents is 1. The molecule has 16 heavy (non-hydrogen) atoms. The van der Waals surface area contributed by atoms with Gasteiger partial charge in [-0.25, -0.2) is 0 Å². The Kier molecular flexibility index (Phi) is 4.60. The minimum absolute atomic E-state index is 0.0739. The van der Waals surface area contributed by atoms with Gasteiger partial charge in [-0.2, -0.15) is 0 Å². The Morgan fingerprint density at radius 3 is 2.94 bits per heavy atom. The van der Waals surface area contributed by atoms with Gasteiger partial charge in [0, 0.05) is 12.7 Å². The van der Waals surface area contributed by atoms with E-state index in [9.17, 15) is 4.79 Å². The van der Waals surface area contributed by atoms with Gasteiger partial charge in [-0.3, -0.25) is 4.79 Å². The van der Waals surface area contributed by atoms with Crippen molar-refractivity contribution in [2.75, 3.05) is 24.3 Å². The Morgan fingerprint density at radius 1 is 1.56 bits per heavy atom. The van der Waals surface area contributed by atoms with E-state index >= 15 is 0 Å². The van der Waals surface area contributed by atoms with Crippen LogP contribution in [-0.2, 0) is 9.53 Å². The van der Waals surface area contributed by atoms with E-state index in [4.69, 9.17) is 15.6 Å². The van der Waals surface area contributed by atoms with Crippen molar-refractivity contribution in [2.45, 2.75) is 13.3 Å². The number of aromatic hydroxyl groups is 1. The second kappa shape index (κ2) is 5.97. The molecule has 0 spiro atoms. The van der Waals surface area contributed by atoms with Gasteiger partial charge >= 0.3 is 0 Å². The molecule has 0 unspecified atom stereocenters. The number of nitrogens with two attached hydrogens (primary N) is 1. The van der Waals surface area contributed by atoms with Crippen LogP contribution >= 0.6 is 0 Å². The maximum Gasteiger partial charge on any atom is 0.226 e. The van der Waals surface area contributed by atoms with Crippen LogP contribution in [0.15, 0.2) is 18.2 Å². The van der Waals surface area contributed by atoms with Crippen molar-refractivity contribution in [1.82, 2.24) is 0 Å². The summed E-state index contributed by atoms with van der Waals surface area (Å²) in [6.07, 6.45) is 0.286. The smallest absolute Gasteiger partial charge is 0.226 e. The van der Waals surface area contributed by atoms with Gasteiger partial charge in [0.1, 0.15) is 5.75 Å². The van der Waals surface area contributed by atoms with Crippen molar-refractivity contribution >= 4 is 17.3 Å². The van der Waals surface area contributed by atoms with Crippen molar-refractivity contribution in [2.24, 2.45) is 0 Å². The molecule has 5 heteroatoms. The minimum atomic E-state index is -0.161. The van der Waals surface area contributed by atoms with Crippen LogP contribution < -0.4 is 11.1 Å². The molecule has 0 aliphatic rings. The summed E-state index contributed by atoms with van der Waals surface area (Å²) < 4.78 is 5.06. The van der Waals surface area contributed by atoms with E-state index in [1.165, 1.54) is 12.1 Å². The molecule has 4 N–H and O–H groups in total. The molecule has 0 aromatic heterocycles. The molecule has 0 aliphatic carbocycles. The van der Waals surface area contributed by atoms with Gasteiger partial charge in [0.05, 0.1) is 24.4 Å². The Hall–Kier alpha value is -1.75. The van der Waals surface area contributed by atoms with Gasteiger partial charge in [0.25, 0.3) is 0 Å². The lowest BCUT2D eigenvalue weighted by atomic mass is 10.2. The SMILES string of the molecule is CCOCCC(=O)Nc1ccc(O)cc1N. The molecular formula is C11H16N2O3. The summed E-state index contributed by atoms with van der Waals surface area (Å²) >= 11 is 0. The zero-order chi connectivity index (χ0) is 12.0. The average Bonchev–Trinajstić information content (AvgIpc) is 2.23. The first-order chi connectivity index (χ1) is 7.63. The molecule has 88 valence electrons. The number of hydrogen-bond acceptors (Lipinski definition) is 4. The molecule has 0 fully saturated rings. The fourth-order valence-corrected chi connectivity index (χ4v) is 1.19. The minimum Gasteiger partial charge on any atom is -0.508 e. The van der Waals surface area contributed by atoms with E-state index in [-0.39, 0.29) is 18.1 Å². The quantitative estimate of drug-likeness (QED) is 0.400. The van der Waals surface area contributed by atoms with E-state index in [1.807, 2.05) is 6.92 Å². The lowest BCUT2D eigenvalue weighted by Crippen LogP contribution is -2.15. The molecule has 0 heterocycles. The Morgan fingerprint density at radius 2 is 2.31 bits per heavy atom. The molecule has 1 amide bonds. The maximum absolute atomic E-state index is 11.4. The lowest BCUT2D eigenvalue weighted by molar-refractivity contribution is -0.117. The first kappa shape index (κ1) is 12.3. The summed E-state index contributed by atoms with van der Waals surface area (Å²) in [5, 5.41) is 11.8. The molecule has 0 atom stereocenters. The zero-order valence-corrected chi connectivity index (χ0v) is 9.19. The summed E-state index contributed by atoms with van der Waals surface area (Å²) in [6.45, 7) is 2.85. The topological polar surface area (TPSA) is 84.6 Å². The van der Waals surface area contributed by atoms with Crippen LogP contribution in [0.2, 0.25) is 0 Å². The number of benzene rings is 1. The predicted octanol–water partition coefficient (Wildman–Crippen LogP) is 1.34. The first-order valence-electron chi connectivity index (χ1n) is 5.09. The molecule has 5 nitrogen and oxygen atoms in total. The largest absolute Gasteiger partial charge is 0.508 e. The summed E-state index contributed by atoms with van der Waals surface area (Å²) in [6, 6.07) is 4.41. The molecule has 1 aromatic carbocycles. The number of phenols is 1. The number of amides is 1. The highest BCUT2D eigenvalue weighted by Crippen LogP contribution is 2.23. The summed E-state index contributed by atoms with van der Waals surface area (Å²) in [5.41, 5.74) is 6.46. The summed E-state index contributed by atoms with van der Waals surface area (Å²) in [5.74, 6) is -0.0874. The van der Waals surface area contributed by atoms with Crippen LogP contribution in [0, 0.1) is 0 Å². The van der Waals surface area contributed by atoms with Gasteiger partial charge in [0.15, 0.2) is 0 Å². The van der Waals surface area contributed by atoms with E-state index < -0.39 is 0 Å². The normalized spacial score (nSPS) is 10.1.